The Bertz CT molecular complexity index is 434. The number of rotatable bonds is 4. The van der Waals surface area contributed by atoms with Crippen LogP contribution in [-0.2, 0) is 4.74 Å². The van der Waals surface area contributed by atoms with E-state index in [4.69, 9.17) is 9.47 Å². The van der Waals surface area contributed by atoms with Gasteiger partial charge in [0.05, 0.1) is 14.2 Å². The van der Waals surface area contributed by atoms with Gasteiger partial charge in [0.1, 0.15) is 11.3 Å². The molecule has 3 heteroatoms. The molecule has 100 valence electrons. The largest absolute Gasteiger partial charge is 0.496 e. The van der Waals surface area contributed by atoms with Gasteiger partial charge in [-0.15, -0.1) is 0 Å². The number of methoxy groups -OCH3 is 2. The lowest BCUT2D eigenvalue weighted by molar-refractivity contribution is 0.0596. The molecule has 1 rings (SSSR count). The van der Waals surface area contributed by atoms with Gasteiger partial charge in [0.2, 0.25) is 0 Å². The molecule has 3 nitrogen and oxygen atoms in total. The van der Waals surface area contributed by atoms with Crippen LogP contribution in [0.4, 0.5) is 0 Å². The van der Waals surface area contributed by atoms with E-state index in [0.717, 1.165) is 11.1 Å². The summed E-state index contributed by atoms with van der Waals surface area (Å²) in [5.74, 6) is 0.927. The number of esters is 1. The molecule has 18 heavy (non-hydrogen) atoms. The number of carbonyl (C=O) groups excluding carboxylic acids is 1. The van der Waals surface area contributed by atoms with Crippen molar-refractivity contribution in [1.82, 2.24) is 0 Å². The second-order valence-electron chi connectivity index (χ2n) is 4.99. The van der Waals surface area contributed by atoms with E-state index >= 15 is 0 Å². The summed E-state index contributed by atoms with van der Waals surface area (Å²) in [6.07, 6.45) is 0. The van der Waals surface area contributed by atoms with E-state index in [1.54, 1.807) is 7.11 Å². The first-order valence-corrected chi connectivity index (χ1v) is 6.22. The minimum absolute atomic E-state index is 0.294. The van der Waals surface area contributed by atoms with Crippen molar-refractivity contribution in [1.29, 1.82) is 0 Å². The van der Waals surface area contributed by atoms with E-state index < -0.39 is 0 Å². The van der Waals surface area contributed by atoms with Crippen LogP contribution in [-0.4, -0.2) is 20.2 Å². The summed E-state index contributed by atoms with van der Waals surface area (Å²) in [5.41, 5.74) is 2.68. The second kappa shape index (κ2) is 5.89. The molecule has 0 aromatic heterocycles. The summed E-state index contributed by atoms with van der Waals surface area (Å²) in [5, 5.41) is 0. The lowest BCUT2D eigenvalue weighted by atomic mass is 9.92. The Morgan fingerprint density at radius 1 is 1.06 bits per heavy atom. The molecule has 0 heterocycles. The molecule has 0 saturated heterocycles. The van der Waals surface area contributed by atoms with Crippen LogP contribution < -0.4 is 4.74 Å². The fourth-order valence-electron chi connectivity index (χ4n) is 1.93. The van der Waals surface area contributed by atoms with Crippen molar-refractivity contribution in [3.05, 3.63) is 28.8 Å². The van der Waals surface area contributed by atoms with Crippen LogP contribution in [0.2, 0.25) is 0 Å². The summed E-state index contributed by atoms with van der Waals surface area (Å²) in [6, 6.07) is 3.97. The van der Waals surface area contributed by atoms with Gasteiger partial charge in [-0.1, -0.05) is 33.8 Å². The third kappa shape index (κ3) is 2.84. The van der Waals surface area contributed by atoms with Crippen LogP contribution in [0, 0.1) is 0 Å². The quantitative estimate of drug-likeness (QED) is 0.764. The fraction of sp³-hybridized carbons (Fsp3) is 0.533. The average molecular weight is 250 g/mol. The van der Waals surface area contributed by atoms with Crippen molar-refractivity contribution in [2.45, 2.75) is 39.5 Å². The third-order valence-electron chi connectivity index (χ3n) is 3.04. The van der Waals surface area contributed by atoms with Gasteiger partial charge in [-0.2, -0.15) is 0 Å². The van der Waals surface area contributed by atoms with Crippen LogP contribution >= 0.6 is 0 Å². The van der Waals surface area contributed by atoms with Gasteiger partial charge in [0.15, 0.2) is 0 Å². The zero-order valence-electron chi connectivity index (χ0n) is 12.0. The molecule has 0 N–H and O–H groups in total. The Balaban J connectivity index is 3.50. The molecular formula is C15H22O3. The molecule has 0 atom stereocenters. The van der Waals surface area contributed by atoms with Crippen LogP contribution in [0.15, 0.2) is 12.1 Å². The molecule has 0 fully saturated rings. The molecular weight excluding hydrogens is 228 g/mol. The van der Waals surface area contributed by atoms with Crippen LogP contribution in [0.1, 0.15) is 61.0 Å². The SMILES string of the molecule is COC(=O)c1cc(C(C)C)cc(C(C)C)c1OC. The zero-order chi connectivity index (χ0) is 13.9. The Hall–Kier alpha value is -1.51. The predicted molar refractivity (Wildman–Crippen MR) is 72.5 cm³/mol. The molecule has 1 aromatic carbocycles. The first kappa shape index (κ1) is 14.6. The molecule has 0 spiro atoms. The maximum Gasteiger partial charge on any atom is 0.341 e. The first-order valence-electron chi connectivity index (χ1n) is 6.22. The Morgan fingerprint density at radius 3 is 2.06 bits per heavy atom. The molecule has 0 bridgehead atoms. The third-order valence-corrected chi connectivity index (χ3v) is 3.04. The molecule has 0 radical (unpaired) electrons. The van der Waals surface area contributed by atoms with Crippen molar-refractivity contribution >= 4 is 5.97 Å². The first-order chi connectivity index (χ1) is 8.42. The topological polar surface area (TPSA) is 35.5 Å². The van der Waals surface area contributed by atoms with E-state index in [1.807, 2.05) is 6.07 Å². The van der Waals surface area contributed by atoms with Crippen molar-refractivity contribution in [2.75, 3.05) is 14.2 Å². The minimum atomic E-state index is -0.351. The zero-order valence-corrected chi connectivity index (χ0v) is 12.0. The Labute approximate surface area is 109 Å². The summed E-state index contributed by atoms with van der Waals surface area (Å²) in [6.45, 7) is 8.38. The Morgan fingerprint density at radius 2 is 1.67 bits per heavy atom. The second-order valence-corrected chi connectivity index (χ2v) is 4.99. The van der Waals surface area contributed by atoms with E-state index in [1.165, 1.54) is 7.11 Å². The molecule has 0 aliphatic rings. The molecule has 1 aromatic rings. The highest BCUT2D eigenvalue weighted by molar-refractivity contribution is 5.93. The van der Waals surface area contributed by atoms with Crippen molar-refractivity contribution in [3.8, 4) is 5.75 Å². The summed E-state index contributed by atoms with van der Waals surface area (Å²) < 4.78 is 10.2. The van der Waals surface area contributed by atoms with Crippen molar-refractivity contribution in [2.24, 2.45) is 0 Å². The molecule has 0 aliphatic carbocycles. The van der Waals surface area contributed by atoms with Gasteiger partial charge in [-0.05, 0) is 29.0 Å². The minimum Gasteiger partial charge on any atom is -0.496 e. The summed E-state index contributed by atoms with van der Waals surface area (Å²) in [7, 11) is 2.97. The predicted octanol–water partition coefficient (Wildman–Crippen LogP) is 3.73. The maximum absolute atomic E-state index is 11.8. The molecule has 0 aliphatic heterocycles. The van der Waals surface area contributed by atoms with Crippen molar-refractivity contribution < 1.29 is 14.3 Å². The lowest BCUT2D eigenvalue weighted by Gasteiger charge is -2.18. The van der Waals surface area contributed by atoms with Crippen LogP contribution in [0.3, 0.4) is 0 Å². The fourth-order valence-corrected chi connectivity index (χ4v) is 1.93. The van der Waals surface area contributed by atoms with Gasteiger partial charge >= 0.3 is 5.97 Å². The van der Waals surface area contributed by atoms with Crippen molar-refractivity contribution in [3.63, 3.8) is 0 Å². The van der Waals surface area contributed by atoms with Gasteiger partial charge in [-0.3, -0.25) is 0 Å². The number of hydrogen-bond acceptors (Lipinski definition) is 3. The standard InChI is InChI=1S/C15H22O3/c1-9(2)11-7-12(10(3)4)14(17-5)13(8-11)15(16)18-6/h7-10H,1-6H3. The summed E-state index contributed by atoms with van der Waals surface area (Å²) >= 11 is 0. The van der Waals surface area contributed by atoms with E-state index in [0.29, 0.717) is 23.1 Å². The molecule has 0 amide bonds. The number of ether oxygens (including phenoxy) is 2. The van der Waals surface area contributed by atoms with Gasteiger partial charge in [0.25, 0.3) is 0 Å². The smallest absolute Gasteiger partial charge is 0.341 e. The molecule has 0 saturated carbocycles. The van der Waals surface area contributed by atoms with Gasteiger partial charge in [-0.25, -0.2) is 4.79 Å². The highest BCUT2D eigenvalue weighted by Crippen LogP contribution is 2.34. The average Bonchev–Trinajstić information content (AvgIpc) is 2.35. The summed E-state index contributed by atoms with van der Waals surface area (Å²) in [4.78, 5) is 11.8. The Kier molecular flexibility index (Phi) is 4.76. The number of carbonyl (C=O) groups is 1. The monoisotopic (exact) mass is 250 g/mol. The van der Waals surface area contributed by atoms with E-state index in [9.17, 15) is 4.79 Å². The maximum atomic E-state index is 11.8. The highest BCUT2D eigenvalue weighted by atomic mass is 16.5. The van der Waals surface area contributed by atoms with Gasteiger partial charge < -0.3 is 9.47 Å². The van der Waals surface area contributed by atoms with Crippen LogP contribution in [0.25, 0.3) is 0 Å². The van der Waals surface area contributed by atoms with Crippen LogP contribution in [0.5, 0.6) is 5.75 Å². The molecule has 0 unspecified atom stereocenters. The van der Waals surface area contributed by atoms with E-state index in [-0.39, 0.29) is 5.97 Å². The highest BCUT2D eigenvalue weighted by Gasteiger charge is 2.20. The van der Waals surface area contributed by atoms with Gasteiger partial charge in [0, 0.05) is 0 Å². The van der Waals surface area contributed by atoms with E-state index in [2.05, 4.69) is 33.8 Å². The number of benzene rings is 1. The number of hydrogen-bond donors (Lipinski definition) is 0. The lowest BCUT2D eigenvalue weighted by Crippen LogP contribution is -2.09. The normalized spacial score (nSPS) is 10.9.